The SMILES string of the molecule is O=C(O)c1ccc2nc([C@H]3C[C@H]4C=C[C@@H]3C4)[nH]c2c1. The molecule has 96 valence electrons. The molecule has 0 radical (unpaired) electrons. The number of hydrogen-bond acceptors (Lipinski definition) is 2. The average Bonchev–Trinajstić information content (AvgIpc) is 3.11. The van der Waals surface area contributed by atoms with Gasteiger partial charge in [-0.05, 0) is 42.9 Å². The van der Waals surface area contributed by atoms with Crippen LogP contribution in [-0.4, -0.2) is 21.0 Å². The highest BCUT2D eigenvalue weighted by Crippen LogP contribution is 2.48. The van der Waals surface area contributed by atoms with Crippen molar-refractivity contribution in [3.05, 3.63) is 41.7 Å². The molecule has 0 spiro atoms. The summed E-state index contributed by atoms with van der Waals surface area (Å²) in [5.41, 5.74) is 1.98. The van der Waals surface area contributed by atoms with Crippen LogP contribution in [0, 0.1) is 11.8 Å². The highest BCUT2D eigenvalue weighted by atomic mass is 16.4. The molecule has 4 rings (SSSR count). The van der Waals surface area contributed by atoms with Crippen molar-refractivity contribution in [1.82, 2.24) is 9.97 Å². The van der Waals surface area contributed by atoms with Gasteiger partial charge in [0.1, 0.15) is 5.82 Å². The highest BCUT2D eigenvalue weighted by Gasteiger charge is 2.38. The molecule has 1 saturated carbocycles. The number of imidazole rings is 1. The number of benzene rings is 1. The van der Waals surface area contributed by atoms with E-state index in [1.54, 1.807) is 18.2 Å². The average molecular weight is 254 g/mol. The molecule has 3 atom stereocenters. The van der Waals surface area contributed by atoms with Gasteiger partial charge in [-0.3, -0.25) is 0 Å². The molecule has 2 N–H and O–H groups in total. The van der Waals surface area contributed by atoms with E-state index < -0.39 is 5.97 Å². The predicted molar refractivity (Wildman–Crippen MR) is 71.1 cm³/mol. The third kappa shape index (κ3) is 1.59. The number of aromatic carboxylic acids is 1. The van der Waals surface area contributed by atoms with Crippen LogP contribution in [0.3, 0.4) is 0 Å². The first-order valence-electron chi connectivity index (χ1n) is 6.62. The minimum atomic E-state index is -0.902. The van der Waals surface area contributed by atoms with Crippen molar-refractivity contribution < 1.29 is 9.90 Å². The number of H-pyrrole nitrogens is 1. The number of fused-ring (bicyclic) bond motifs is 3. The van der Waals surface area contributed by atoms with Gasteiger partial charge in [0.25, 0.3) is 0 Å². The quantitative estimate of drug-likeness (QED) is 0.810. The smallest absolute Gasteiger partial charge is 0.335 e. The molecule has 0 aliphatic heterocycles. The number of rotatable bonds is 2. The minimum Gasteiger partial charge on any atom is -0.478 e. The van der Waals surface area contributed by atoms with Crippen LogP contribution in [0.25, 0.3) is 11.0 Å². The van der Waals surface area contributed by atoms with Crippen molar-refractivity contribution in [3.63, 3.8) is 0 Å². The van der Waals surface area contributed by atoms with Crippen LogP contribution in [0.15, 0.2) is 30.4 Å². The van der Waals surface area contributed by atoms with Crippen LogP contribution in [0.2, 0.25) is 0 Å². The number of allylic oxidation sites excluding steroid dienone is 2. The molecule has 2 bridgehead atoms. The van der Waals surface area contributed by atoms with Crippen LogP contribution in [0.4, 0.5) is 0 Å². The van der Waals surface area contributed by atoms with E-state index in [2.05, 4.69) is 22.1 Å². The lowest BCUT2D eigenvalue weighted by Gasteiger charge is -2.14. The molecule has 19 heavy (non-hydrogen) atoms. The summed E-state index contributed by atoms with van der Waals surface area (Å²) in [6.07, 6.45) is 7.01. The number of hydrogen-bond donors (Lipinski definition) is 2. The fraction of sp³-hybridized carbons (Fsp3) is 0.333. The zero-order chi connectivity index (χ0) is 13.0. The summed E-state index contributed by atoms with van der Waals surface area (Å²) < 4.78 is 0. The fourth-order valence-corrected chi connectivity index (χ4v) is 3.43. The molecule has 2 aromatic rings. The number of aromatic nitrogens is 2. The Morgan fingerprint density at radius 1 is 1.32 bits per heavy atom. The highest BCUT2D eigenvalue weighted by molar-refractivity contribution is 5.92. The van der Waals surface area contributed by atoms with Gasteiger partial charge >= 0.3 is 5.97 Å². The molecule has 1 heterocycles. The summed E-state index contributed by atoms with van der Waals surface area (Å²) >= 11 is 0. The van der Waals surface area contributed by atoms with Crippen molar-refractivity contribution in [2.75, 3.05) is 0 Å². The standard InChI is InChI=1S/C15H14N2O2/c18-15(19)10-3-4-12-13(7-10)17-14(16-12)11-6-8-1-2-9(11)5-8/h1-4,7-9,11H,5-6H2,(H,16,17)(H,18,19)/t8-,9+,11-/m0/s1. The first-order valence-corrected chi connectivity index (χ1v) is 6.62. The Morgan fingerprint density at radius 2 is 2.21 bits per heavy atom. The van der Waals surface area contributed by atoms with Crippen LogP contribution in [-0.2, 0) is 0 Å². The van der Waals surface area contributed by atoms with E-state index in [4.69, 9.17) is 5.11 Å². The Hall–Kier alpha value is -2.10. The van der Waals surface area contributed by atoms with Gasteiger partial charge in [-0.1, -0.05) is 12.2 Å². The lowest BCUT2D eigenvalue weighted by molar-refractivity contribution is 0.0697. The summed E-state index contributed by atoms with van der Waals surface area (Å²) in [5, 5.41) is 9.01. The molecule has 2 aliphatic carbocycles. The Morgan fingerprint density at radius 3 is 2.89 bits per heavy atom. The molecule has 1 fully saturated rings. The number of nitrogens with one attached hydrogen (secondary N) is 1. The Bertz CT molecular complexity index is 701. The van der Waals surface area contributed by atoms with Gasteiger partial charge in [0, 0.05) is 5.92 Å². The molecular formula is C15H14N2O2. The van der Waals surface area contributed by atoms with E-state index >= 15 is 0 Å². The molecule has 2 aliphatic rings. The Labute approximate surface area is 110 Å². The van der Waals surface area contributed by atoms with Gasteiger partial charge < -0.3 is 10.1 Å². The molecule has 0 saturated heterocycles. The summed E-state index contributed by atoms with van der Waals surface area (Å²) in [4.78, 5) is 18.9. The predicted octanol–water partition coefficient (Wildman–Crippen LogP) is 2.94. The van der Waals surface area contributed by atoms with Gasteiger partial charge in [0.2, 0.25) is 0 Å². The van der Waals surface area contributed by atoms with Gasteiger partial charge in [0.05, 0.1) is 16.6 Å². The number of carboxylic acid groups (broad SMARTS) is 1. The Balaban J connectivity index is 1.76. The second-order valence-corrected chi connectivity index (χ2v) is 5.55. The number of aromatic amines is 1. The normalized spacial score (nSPS) is 28.3. The number of carbonyl (C=O) groups is 1. The maximum atomic E-state index is 11.0. The maximum Gasteiger partial charge on any atom is 0.335 e. The summed E-state index contributed by atoms with van der Waals surface area (Å²) in [7, 11) is 0. The first kappa shape index (κ1) is 10.8. The maximum absolute atomic E-state index is 11.0. The molecular weight excluding hydrogens is 240 g/mol. The topological polar surface area (TPSA) is 66.0 Å². The summed E-state index contributed by atoms with van der Waals surface area (Å²) in [6, 6.07) is 5.05. The van der Waals surface area contributed by atoms with Crippen LogP contribution in [0.5, 0.6) is 0 Å². The number of carboxylic acids is 1. The van der Waals surface area contributed by atoms with Gasteiger partial charge in [-0.2, -0.15) is 0 Å². The molecule has 1 aromatic heterocycles. The molecule has 4 nitrogen and oxygen atoms in total. The van der Waals surface area contributed by atoms with Crippen molar-refractivity contribution >= 4 is 17.0 Å². The Kier molecular flexibility index (Phi) is 2.10. The molecule has 1 aromatic carbocycles. The lowest BCUT2D eigenvalue weighted by atomic mass is 9.93. The third-order valence-corrected chi connectivity index (χ3v) is 4.38. The third-order valence-electron chi connectivity index (χ3n) is 4.38. The van der Waals surface area contributed by atoms with E-state index in [1.807, 2.05) is 0 Å². The van der Waals surface area contributed by atoms with Crippen LogP contribution >= 0.6 is 0 Å². The first-order chi connectivity index (χ1) is 9.20. The van der Waals surface area contributed by atoms with E-state index in [9.17, 15) is 4.79 Å². The van der Waals surface area contributed by atoms with E-state index in [-0.39, 0.29) is 0 Å². The fourth-order valence-electron chi connectivity index (χ4n) is 3.43. The van der Waals surface area contributed by atoms with Gasteiger partial charge in [0.15, 0.2) is 0 Å². The van der Waals surface area contributed by atoms with E-state index in [1.165, 1.54) is 6.42 Å². The molecule has 0 unspecified atom stereocenters. The van der Waals surface area contributed by atoms with E-state index in [0.29, 0.717) is 23.3 Å². The zero-order valence-corrected chi connectivity index (χ0v) is 10.3. The van der Waals surface area contributed by atoms with Gasteiger partial charge in [-0.15, -0.1) is 0 Å². The summed E-state index contributed by atoms with van der Waals surface area (Å²) in [6.45, 7) is 0. The second-order valence-electron chi connectivity index (χ2n) is 5.55. The van der Waals surface area contributed by atoms with Crippen molar-refractivity contribution in [2.24, 2.45) is 11.8 Å². The molecule has 0 amide bonds. The van der Waals surface area contributed by atoms with Crippen LogP contribution in [0.1, 0.15) is 34.9 Å². The van der Waals surface area contributed by atoms with Crippen molar-refractivity contribution in [1.29, 1.82) is 0 Å². The lowest BCUT2D eigenvalue weighted by Crippen LogP contribution is -2.06. The second kappa shape index (κ2) is 3.70. The number of nitrogens with zero attached hydrogens (tertiary/aromatic N) is 1. The van der Waals surface area contributed by atoms with Gasteiger partial charge in [-0.25, -0.2) is 9.78 Å². The largest absolute Gasteiger partial charge is 0.478 e. The zero-order valence-electron chi connectivity index (χ0n) is 10.3. The minimum absolute atomic E-state index is 0.301. The van der Waals surface area contributed by atoms with Crippen LogP contribution < -0.4 is 0 Å². The van der Waals surface area contributed by atoms with Crippen molar-refractivity contribution in [3.8, 4) is 0 Å². The van der Waals surface area contributed by atoms with Crippen molar-refractivity contribution in [2.45, 2.75) is 18.8 Å². The monoisotopic (exact) mass is 254 g/mol. The van der Waals surface area contributed by atoms with E-state index in [0.717, 1.165) is 23.3 Å². The molecule has 4 heteroatoms. The summed E-state index contributed by atoms with van der Waals surface area (Å²) in [5.74, 6) is 1.88.